The monoisotopic (exact) mass is 292 g/mol. The fourth-order valence-electron chi connectivity index (χ4n) is 2.30. The zero-order valence-electron chi connectivity index (χ0n) is 10.8. The molecule has 2 rings (SSSR count). The third-order valence-electron chi connectivity index (χ3n) is 3.26. The van der Waals surface area contributed by atoms with Gasteiger partial charge in [0.1, 0.15) is 5.75 Å². The minimum absolute atomic E-state index is 0. The van der Waals surface area contributed by atoms with E-state index in [4.69, 9.17) is 0 Å². The summed E-state index contributed by atoms with van der Waals surface area (Å²) in [6, 6.07) is 7.48. The molecule has 6 heteroatoms. The van der Waals surface area contributed by atoms with Crippen LogP contribution in [0.2, 0.25) is 0 Å². The summed E-state index contributed by atoms with van der Waals surface area (Å²) in [5.74, 6) is 0.278. The molecule has 0 radical (unpaired) electrons. The first-order valence-electron chi connectivity index (χ1n) is 6.11. The molecule has 0 spiro atoms. The average molecular weight is 293 g/mol. The predicted molar refractivity (Wildman–Crippen MR) is 73.1 cm³/mol. The molecule has 1 aliphatic heterocycles. The maximum Gasteiger partial charge on any atom is 0.387 e. The Balaban J connectivity index is 0.00000180. The Morgan fingerprint density at radius 2 is 2.16 bits per heavy atom. The lowest BCUT2D eigenvalue weighted by Gasteiger charge is -2.18. The minimum Gasteiger partial charge on any atom is -0.434 e. The lowest BCUT2D eigenvalue weighted by molar-refractivity contribution is -0.0507. The number of nitrogens with one attached hydrogen (secondary N) is 1. The van der Waals surface area contributed by atoms with Crippen LogP contribution in [0.1, 0.15) is 12.0 Å². The van der Waals surface area contributed by atoms with Crippen molar-refractivity contribution in [3.8, 4) is 5.75 Å². The number of halogens is 3. The second kappa shape index (κ2) is 7.62. The molecule has 1 heterocycles. The summed E-state index contributed by atoms with van der Waals surface area (Å²) < 4.78 is 29.1. The Hall–Kier alpha value is -0.910. The van der Waals surface area contributed by atoms with E-state index >= 15 is 0 Å². The smallest absolute Gasteiger partial charge is 0.387 e. The molecule has 1 aliphatic rings. The van der Waals surface area contributed by atoms with Gasteiger partial charge >= 0.3 is 6.61 Å². The first-order chi connectivity index (χ1) is 8.69. The molecule has 1 fully saturated rings. The third kappa shape index (κ3) is 4.60. The van der Waals surface area contributed by atoms with Gasteiger partial charge < -0.3 is 10.1 Å². The van der Waals surface area contributed by atoms with E-state index in [1.165, 1.54) is 0 Å². The van der Waals surface area contributed by atoms with Crippen molar-refractivity contribution in [2.75, 3.05) is 20.1 Å². The average Bonchev–Trinajstić information content (AvgIpc) is 2.79. The zero-order chi connectivity index (χ0) is 13.0. The van der Waals surface area contributed by atoms with Gasteiger partial charge in [-0.15, -0.1) is 12.4 Å². The molecular weight excluding hydrogens is 274 g/mol. The van der Waals surface area contributed by atoms with E-state index in [2.05, 4.69) is 15.0 Å². The van der Waals surface area contributed by atoms with Crippen molar-refractivity contribution in [1.82, 2.24) is 10.2 Å². The summed E-state index contributed by atoms with van der Waals surface area (Å²) in [6.45, 7) is -0.190. The number of likely N-dealkylation sites (tertiary alicyclic amines) is 1. The summed E-state index contributed by atoms with van der Waals surface area (Å²) >= 11 is 0. The number of para-hydroxylation sites is 1. The summed E-state index contributed by atoms with van der Waals surface area (Å²) in [5, 5.41) is 3.23. The largest absolute Gasteiger partial charge is 0.434 e. The van der Waals surface area contributed by atoms with Crippen LogP contribution in [0.5, 0.6) is 5.75 Å². The summed E-state index contributed by atoms with van der Waals surface area (Å²) in [7, 11) is 1.95. The molecule has 0 aliphatic carbocycles. The molecule has 1 unspecified atom stereocenters. The highest BCUT2D eigenvalue weighted by Gasteiger charge is 2.22. The van der Waals surface area contributed by atoms with Gasteiger partial charge in [0, 0.05) is 31.2 Å². The molecule has 0 aromatic heterocycles. The molecule has 1 aromatic carbocycles. The van der Waals surface area contributed by atoms with Gasteiger partial charge in [-0.25, -0.2) is 0 Å². The topological polar surface area (TPSA) is 24.5 Å². The van der Waals surface area contributed by atoms with Crippen molar-refractivity contribution in [3.63, 3.8) is 0 Å². The molecular formula is C13H19ClF2N2O. The van der Waals surface area contributed by atoms with E-state index < -0.39 is 6.61 Å². The Kier molecular flexibility index (Phi) is 6.48. The lowest BCUT2D eigenvalue weighted by atomic mass is 10.2. The molecule has 0 bridgehead atoms. The Bertz CT molecular complexity index is 393. The second-order valence-electron chi connectivity index (χ2n) is 4.50. The van der Waals surface area contributed by atoms with Crippen molar-refractivity contribution >= 4 is 12.4 Å². The van der Waals surface area contributed by atoms with Crippen LogP contribution >= 0.6 is 12.4 Å². The number of rotatable bonds is 5. The van der Waals surface area contributed by atoms with Crippen LogP contribution in [0.15, 0.2) is 24.3 Å². The van der Waals surface area contributed by atoms with Crippen LogP contribution < -0.4 is 10.1 Å². The quantitative estimate of drug-likeness (QED) is 0.902. The van der Waals surface area contributed by atoms with Crippen molar-refractivity contribution in [3.05, 3.63) is 29.8 Å². The number of benzene rings is 1. The van der Waals surface area contributed by atoms with Gasteiger partial charge in [0.05, 0.1) is 0 Å². The van der Waals surface area contributed by atoms with E-state index in [1.807, 2.05) is 19.2 Å². The van der Waals surface area contributed by atoms with E-state index in [1.54, 1.807) is 12.1 Å². The molecule has 108 valence electrons. The van der Waals surface area contributed by atoms with Gasteiger partial charge in [-0.3, -0.25) is 4.90 Å². The van der Waals surface area contributed by atoms with Crippen molar-refractivity contribution in [2.45, 2.75) is 25.6 Å². The first kappa shape index (κ1) is 16.1. The molecule has 0 saturated carbocycles. The van der Waals surface area contributed by atoms with Gasteiger partial charge in [0.15, 0.2) is 0 Å². The predicted octanol–water partition coefficient (Wildman–Crippen LogP) is 2.50. The molecule has 1 saturated heterocycles. The summed E-state index contributed by atoms with van der Waals surface area (Å²) in [6.07, 6.45) is 1.09. The molecule has 3 nitrogen and oxygen atoms in total. The Labute approximate surface area is 118 Å². The van der Waals surface area contributed by atoms with Crippen molar-refractivity contribution in [2.24, 2.45) is 0 Å². The van der Waals surface area contributed by atoms with Gasteiger partial charge in [0.2, 0.25) is 0 Å². The van der Waals surface area contributed by atoms with E-state index in [-0.39, 0.29) is 18.2 Å². The molecule has 1 atom stereocenters. The maximum absolute atomic E-state index is 12.3. The first-order valence-corrected chi connectivity index (χ1v) is 6.11. The number of likely N-dealkylation sites (N-methyl/N-ethyl adjacent to an activating group) is 1. The third-order valence-corrected chi connectivity index (χ3v) is 3.26. The molecule has 1 N–H and O–H groups in total. The SMILES string of the molecule is CNC1CCN(Cc2ccccc2OC(F)F)C1.Cl. The van der Waals surface area contributed by atoms with Crippen LogP contribution in [-0.4, -0.2) is 37.7 Å². The highest BCUT2D eigenvalue weighted by Crippen LogP contribution is 2.23. The number of hydrogen-bond acceptors (Lipinski definition) is 3. The number of hydrogen-bond donors (Lipinski definition) is 1. The van der Waals surface area contributed by atoms with Gasteiger partial charge in [-0.05, 0) is 19.5 Å². The van der Waals surface area contributed by atoms with Crippen LogP contribution in [-0.2, 0) is 6.54 Å². The highest BCUT2D eigenvalue weighted by atomic mass is 35.5. The van der Waals surface area contributed by atoms with Gasteiger partial charge in [0.25, 0.3) is 0 Å². The number of ether oxygens (including phenoxy) is 1. The second-order valence-corrected chi connectivity index (χ2v) is 4.50. The van der Waals surface area contributed by atoms with E-state index in [0.717, 1.165) is 25.1 Å². The normalized spacial score (nSPS) is 19.5. The fourth-order valence-corrected chi connectivity index (χ4v) is 2.30. The zero-order valence-corrected chi connectivity index (χ0v) is 11.6. The summed E-state index contributed by atoms with van der Waals surface area (Å²) in [4.78, 5) is 2.24. The van der Waals surface area contributed by atoms with Crippen LogP contribution in [0.4, 0.5) is 8.78 Å². The van der Waals surface area contributed by atoms with E-state index in [9.17, 15) is 8.78 Å². The lowest BCUT2D eigenvalue weighted by Crippen LogP contribution is -2.29. The minimum atomic E-state index is -2.77. The van der Waals surface area contributed by atoms with Crippen LogP contribution in [0.3, 0.4) is 0 Å². The standard InChI is InChI=1S/C13H18F2N2O.ClH/c1-16-11-6-7-17(9-11)8-10-4-2-3-5-12(10)18-13(14)15;/h2-5,11,13,16H,6-9H2,1H3;1H. The molecule has 1 aromatic rings. The summed E-state index contributed by atoms with van der Waals surface area (Å²) in [5.41, 5.74) is 0.814. The van der Waals surface area contributed by atoms with E-state index in [0.29, 0.717) is 12.6 Å². The number of alkyl halides is 2. The molecule has 0 amide bonds. The van der Waals surface area contributed by atoms with Crippen molar-refractivity contribution < 1.29 is 13.5 Å². The van der Waals surface area contributed by atoms with Gasteiger partial charge in [-0.1, -0.05) is 18.2 Å². The van der Waals surface area contributed by atoms with Gasteiger partial charge in [-0.2, -0.15) is 8.78 Å². The highest BCUT2D eigenvalue weighted by molar-refractivity contribution is 5.85. The van der Waals surface area contributed by atoms with Crippen LogP contribution in [0, 0.1) is 0 Å². The fraction of sp³-hybridized carbons (Fsp3) is 0.538. The maximum atomic E-state index is 12.3. The Morgan fingerprint density at radius 3 is 2.79 bits per heavy atom. The number of nitrogens with zero attached hydrogens (tertiary/aromatic N) is 1. The Morgan fingerprint density at radius 1 is 1.42 bits per heavy atom. The van der Waals surface area contributed by atoms with Crippen LogP contribution in [0.25, 0.3) is 0 Å². The molecule has 19 heavy (non-hydrogen) atoms. The van der Waals surface area contributed by atoms with Crippen molar-refractivity contribution in [1.29, 1.82) is 0 Å².